The van der Waals surface area contributed by atoms with Gasteiger partial charge < -0.3 is 15.1 Å². The van der Waals surface area contributed by atoms with Gasteiger partial charge in [-0.1, -0.05) is 0 Å². The van der Waals surface area contributed by atoms with Gasteiger partial charge in [0.2, 0.25) is 0 Å². The zero-order valence-electron chi connectivity index (χ0n) is 2.66. The van der Waals surface area contributed by atoms with E-state index in [9.17, 15) is 0 Å². The molecule has 0 spiro atoms. The van der Waals surface area contributed by atoms with Crippen LogP contribution in [-0.4, -0.2) is 7.32 Å². The number of rotatable bonds is 0. The average molecular weight is 259 g/mol. The van der Waals surface area contributed by atoms with E-state index in [1.165, 1.54) is 0 Å². The molecule has 0 N–H and O–H groups in total. The van der Waals surface area contributed by atoms with Gasteiger partial charge in [0.05, 0.1) is 0 Å². The van der Waals surface area contributed by atoms with Crippen molar-refractivity contribution >= 4 is 7.32 Å². The molecule has 0 aliphatic carbocycles. The second kappa shape index (κ2) is 9.94. The van der Waals surface area contributed by atoms with Crippen molar-refractivity contribution in [2.45, 2.75) is 0 Å². The van der Waals surface area contributed by atoms with E-state index in [4.69, 9.17) is 15.1 Å². The predicted molar refractivity (Wildman–Crippen MR) is 5.75 cm³/mol. The summed E-state index contributed by atoms with van der Waals surface area (Å²) in [6.07, 6.45) is 0. The van der Waals surface area contributed by atoms with Gasteiger partial charge in [-0.05, 0) is 0 Å². The van der Waals surface area contributed by atoms with Crippen LogP contribution in [0.5, 0.6) is 0 Å². The summed E-state index contributed by atoms with van der Waals surface area (Å²) in [7, 11) is -2.92. The van der Waals surface area contributed by atoms with Crippen molar-refractivity contribution in [1.82, 2.24) is 0 Å². The molecule has 31 valence electrons. The minimum Gasteiger partial charge on any atom is -0.907 e. The van der Waals surface area contributed by atoms with E-state index in [-0.39, 0.29) is 57.9 Å². The molecular weight excluding hydrogens is 259 g/mol. The Morgan fingerprint density at radius 3 is 1.00 bits per heavy atom. The van der Waals surface area contributed by atoms with Crippen LogP contribution in [-0.2, 0) is 17.1 Å². The van der Waals surface area contributed by atoms with Crippen LogP contribution in [0.15, 0.2) is 0 Å². The Kier molecular flexibility index (Phi) is 25.9. The zero-order chi connectivity index (χ0) is 3.58. The molecule has 0 saturated carbocycles. The fourth-order valence-corrected chi connectivity index (χ4v) is 0. The van der Waals surface area contributed by atoms with Crippen LogP contribution >= 0.6 is 0 Å². The summed E-state index contributed by atoms with van der Waals surface area (Å²) >= 11 is 0. The molecule has 0 aliphatic rings. The van der Waals surface area contributed by atoms with Crippen molar-refractivity contribution in [1.29, 1.82) is 0 Å². The Hall–Kier alpha value is 1.82. The number of hydrogen-bond donors (Lipinski definition) is 0. The molecule has 1 radical (unpaired) electrons. The van der Waals surface area contributed by atoms with Crippen molar-refractivity contribution in [2.24, 2.45) is 0 Å². The molecule has 0 aromatic heterocycles. The summed E-state index contributed by atoms with van der Waals surface area (Å²) in [5, 5.41) is 25.2. The van der Waals surface area contributed by atoms with Crippen molar-refractivity contribution in [3.63, 3.8) is 0 Å². The van der Waals surface area contributed by atoms with E-state index < -0.39 is 7.32 Å². The SMILES string of the molecule is [Fe+2].[Nd+3].[O-]B([O-])[O-]. The van der Waals surface area contributed by atoms with Gasteiger partial charge in [-0.15, -0.1) is 0 Å². The van der Waals surface area contributed by atoms with E-state index in [0.29, 0.717) is 0 Å². The van der Waals surface area contributed by atoms with Crippen LogP contribution in [0.25, 0.3) is 0 Å². The van der Waals surface area contributed by atoms with Gasteiger partial charge >= 0.3 is 57.9 Å². The molecule has 0 unspecified atom stereocenters. The maximum atomic E-state index is 8.42. The third-order valence-electron chi connectivity index (χ3n) is 0. The monoisotopic (exact) mass is 257 g/mol. The molecule has 0 heterocycles. The summed E-state index contributed by atoms with van der Waals surface area (Å²) in [5.41, 5.74) is 0. The molecule has 6 heavy (non-hydrogen) atoms. The third kappa shape index (κ3) is 40.9. The first kappa shape index (κ1) is 15.7. The molecule has 0 amide bonds. The topological polar surface area (TPSA) is 69.2 Å². The van der Waals surface area contributed by atoms with Crippen LogP contribution in [0.2, 0.25) is 0 Å². The van der Waals surface area contributed by atoms with Crippen LogP contribution in [0.4, 0.5) is 0 Å². The van der Waals surface area contributed by atoms with Gasteiger partial charge in [-0.3, -0.25) is 7.32 Å². The van der Waals surface area contributed by atoms with Crippen LogP contribution < -0.4 is 15.1 Å². The summed E-state index contributed by atoms with van der Waals surface area (Å²) in [4.78, 5) is 0. The van der Waals surface area contributed by atoms with Crippen LogP contribution in [0.1, 0.15) is 0 Å². The van der Waals surface area contributed by atoms with Crippen LogP contribution in [0, 0.1) is 40.8 Å². The first-order chi connectivity index (χ1) is 1.73. The van der Waals surface area contributed by atoms with Crippen molar-refractivity contribution in [3.05, 3.63) is 0 Å². The average Bonchev–Trinajstić information content (AvgIpc) is 0.811. The van der Waals surface area contributed by atoms with E-state index in [0.717, 1.165) is 0 Å². The van der Waals surface area contributed by atoms with E-state index in [1.807, 2.05) is 0 Å². The van der Waals surface area contributed by atoms with Crippen molar-refractivity contribution in [2.75, 3.05) is 0 Å². The molecule has 3 nitrogen and oxygen atoms in total. The molecule has 0 rings (SSSR count). The third-order valence-corrected chi connectivity index (χ3v) is 0. The molecular formula is BFeNdO3+2. The Morgan fingerprint density at radius 2 is 1.00 bits per heavy atom. The summed E-state index contributed by atoms with van der Waals surface area (Å²) < 4.78 is 0. The fraction of sp³-hybridized carbons (Fsp3) is 0. The molecule has 6 heteroatoms. The van der Waals surface area contributed by atoms with Gasteiger partial charge in [0.1, 0.15) is 0 Å². The Balaban J connectivity index is -0.0000000450. The van der Waals surface area contributed by atoms with Gasteiger partial charge in [-0.25, -0.2) is 0 Å². The molecule has 0 aromatic carbocycles. The molecule has 0 fully saturated rings. The van der Waals surface area contributed by atoms with Gasteiger partial charge in [0.25, 0.3) is 0 Å². The van der Waals surface area contributed by atoms with Crippen molar-refractivity contribution < 1.29 is 73.0 Å². The van der Waals surface area contributed by atoms with Crippen molar-refractivity contribution in [3.8, 4) is 0 Å². The number of hydrogen-bond acceptors (Lipinski definition) is 3. The minimum absolute atomic E-state index is 0. The first-order valence-electron chi connectivity index (χ1n) is 0.707. The molecule has 0 bridgehead atoms. The predicted octanol–water partition coefficient (Wildman–Crippen LogP) is -3.95. The zero-order valence-corrected chi connectivity index (χ0v) is 6.97. The fourth-order valence-electron chi connectivity index (χ4n) is 0. The summed E-state index contributed by atoms with van der Waals surface area (Å²) in [5.74, 6) is 0. The van der Waals surface area contributed by atoms with Crippen LogP contribution in [0.3, 0.4) is 0 Å². The Labute approximate surface area is 79.3 Å². The Morgan fingerprint density at radius 1 is 1.00 bits per heavy atom. The largest absolute Gasteiger partial charge is 3.00 e. The summed E-state index contributed by atoms with van der Waals surface area (Å²) in [6.45, 7) is 0. The van der Waals surface area contributed by atoms with E-state index in [2.05, 4.69) is 0 Å². The molecule has 0 saturated heterocycles. The van der Waals surface area contributed by atoms with Gasteiger partial charge in [0.15, 0.2) is 0 Å². The van der Waals surface area contributed by atoms with Gasteiger partial charge in [-0.2, -0.15) is 0 Å². The summed E-state index contributed by atoms with van der Waals surface area (Å²) in [6, 6.07) is 0. The second-order valence-electron chi connectivity index (χ2n) is 0.289. The molecule has 0 aliphatic heterocycles. The minimum atomic E-state index is -2.92. The maximum absolute atomic E-state index is 8.42. The standard InChI is InChI=1S/BO3.Fe.Nd/c2-1(3)4;;/q-3;+2;+3. The van der Waals surface area contributed by atoms with E-state index in [1.54, 1.807) is 0 Å². The first-order valence-corrected chi connectivity index (χ1v) is 0.707. The van der Waals surface area contributed by atoms with Gasteiger partial charge in [0, 0.05) is 0 Å². The molecule has 0 aromatic rings. The smallest absolute Gasteiger partial charge is 0.907 e. The maximum Gasteiger partial charge on any atom is 3.00 e. The molecule has 0 atom stereocenters. The quantitative estimate of drug-likeness (QED) is 0.417. The normalized spacial score (nSPS) is 4.50. The second-order valence-corrected chi connectivity index (χ2v) is 0.289. The van der Waals surface area contributed by atoms with E-state index >= 15 is 0 Å². The Bertz CT molecular complexity index is 15.5.